The van der Waals surface area contributed by atoms with Crippen molar-refractivity contribution < 1.29 is 28.7 Å². The average Bonchev–Trinajstić information content (AvgIpc) is 3.46. The third-order valence-electron chi connectivity index (χ3n) is 8.19. The quantitative estimate of drug-likeness (QED) is 0.186. The number of carbonyl (C=O) groups is 2. The summed E-state index contributed by atoms with van der Waals surface area (Å²) >= 11 is 0. The van der Waals surface area contributed by atoms with Gasteiger partial charge in [0.25, 0.3) is 0 Å². The molecule has 1 saturated heterocycles. The van der Waals surface area contributed by atoms with E-state index in [4.69, 9.17) is 9.47 Å². The predicted molar refractivity (Wildman–Crippen MR) is 159 cm³/mol. The van der Waals surface area contributed by atoms with Gasteiger partial charge in [0.2, 0.25) is 12.7 Å². The number of hydrogen-bond donors (Lipinski definition) is 1. The number of carboxylic acid groups (broad SMARTS) is 1. The van der Waals surface area contributed by atoms with Crippen LogP contribution in [0.25, 0.3) is 0 Å². The van der Waals surface area contributed by atoms with Gasteiger partial charge >= 0.3 is 5.97 Å². The van der Waals surface area contributed by atoms with Gasteiger partial charge in [-0.3, -0.25) is 14.5 Å². The van der Waals surface area contributed by atoms with Crippen molar-refractivity contribution in [1.29, 1.82) is 0 Å². The van der Waals surface area contributed by atoms with E-state index in [-0.39, 0.29) is 36.6 Å². The van der Waals surface area contributed by atoms with E-state index in [1.54, 1.807) is 0 Å². The molecule has 224 valence electrons. The maximum absolute atomic E-state index is 13.8. The molecule has 2 heterocycles. The number of nitrogens with zero attached hydrogens (tertiary/aromatic N) is 3. The Bertz CT molecular complexity index is 1030. The van der Waals surface area contributed by atoms with Gasteiger partial charge in [-0.2, -0.15) is 0 Å². The molecule has 1 aromatic carbocycles. The lowest BCUT2D eigenvalue weighted by Crippen LogP contribution is -2.46. The highest BCUT2D eigenvalue weighted by Crippen LogP contribution is 2.45. The van der Waals surface area contributed by atoms with Crippen LogP contribution in [0.4, 0.5) is 0 Å². The van der Waals surface area contributed by atoms with Gasteiger partial charge in [0.05, 0.1) is 40.2 Å². The van der Waals surface area contributed by atoms with E-state index in [1.807, 2.05) is 36.1 Å². The Morgan fingerprint density at radius 1 is 1.12 bits per heavy atom. The largest absolute Gasteiger partial charge is 0.481 e. The summed E-state index contributed by atoms with van der Waals surface area (Å²) in [6.07, 6.45) is 8.85. The normalized spacial score (nSPS) is 21.3. The number of allylic oxidation sites excluding steroid dienone is 2. The number of likely N-dealkylation sites (tertiary alicyclic amines) is 1. The Labute approximate surface area is 241 Å². The molecule has 1 fully saturated rings. The van der Waals surface area contributed by atoms with E-state index >= 15 is 0 Å². The fourth-order valence-corrected chi connectivity index (χ4v) is 6.16. The molecule has 3 atom stereocenters. The minimum absolute atomic E-state index is 0.100. The molecule has 1 N–H and O–H groups in total. The van der Waals surface area contributed by atoms with E-state index < -0.39 is 11.9 Å². The number of carbonyl (C=O) groups excluding carboxylic acids is 1. The van der Waals surface area contributed by atoms with Crippen LogP contribution in [-0.4, -0.2) is 98.0 Å². The molecule has 40 heavy (non-hydrogen) atoms. The number of ether oxygens (including phenoxy) is 2. The van der Waals surface area contributed by atoms with Crippen molar-refractivity contribution in [3.8, 4) is 11.5 Å². The van der Waals surface area contributed by atoms with E-state index in [9.17, 15) is 14.7 Å². The topological polar surface area (TPSA) is 79.3 Å². The van der Waals surface area contributed by atoms with Crippen molar-refractivity contribution >= 4 is 11.9 Å². The minimum Gasteiger partial charge on any atom is -0.481 e. The van der Waals surface area contributed by atoms with Crippen LogP contribution in [0.3, 0.4) is 0 Å². The van der Waals surface area contributed by atoms with Gasteiger partial charge in [0, 0.05) is 31.6 Å². The van der Waals surface area contributed by atoms with Gasteiger partial charge in [0.15, 0.2) is 11.5 Å². The first kappa shape index (κ1) is 31.9. The van der Waals surface area contributed by atoms with E-state index in [0.717, 1.165) is 55.4 Å². The molecule has 0 aliphatic carbocycles. The molecule has 3 rings (SSSR count). The van der Waals surface area contributed by atoms with Crippen LogP contribution < -0.4 is 9.47 Å². The number of hydrogen-bond acceptors (Lipinski definition) is 5. The number of amides is 1. The van der Waals surface area contributed by atoms with Gasteiger partial charge in [0.1, 0.15) is 0 Å². The zero-order valence-corrected chi connectivity index (χ0v) is 25.8. The lowest BCUT2D eigenvalue weighted by atomic mass is 9.77. The van der Waals surface area contributed by atoms with Gasteiger partial charge < -0.3 is 24.0 Å². The summed E-state index contributed by atoms with van der Waals surface area (Å²) in [5, 5.41) is 10.5. The van der Waals surface area contributed by atoms with Crippen LogP contribution in [0.15, 0.2) is 30.4 Å². The Morgan fingerprint density at radius 3 is 2.48 bits per heavy atom. The molecule has 0 spiro atoms. The van der Waals surface area contributed by atoms with Crippen LogP contribution in [0.5, 0.6) is 11.5 Å². The van der Waals surface area contributed by atoms with Crippen molar-refractivity contribution in [2.75, 3.05) is 60.7 Å². The van der Waals surface area contributed by atoms with Crippen molar-refractivity contribution in [1.82, 2.24) is 9.80 Å². The molecule has 0 saturated carbocycles. The Balaban J connectivity index is 1.85. The van der Waals surface area contributed by atoms with Crippen LogP contribution >= 0.6 is 0 Å². The Hall–Kier alpha value is -2.58. The van der Waals surface area contributed by atoms with Crippen LogP contribution in [0, 0.1) is 11.3 Å². The number of aliphatic carboxylic acids is 1. The van der Waals surface area contributed by atoms with Gasteiger partial charge in [-0.15, -0.1) is 0 Å². The fourth-order valence-electron chi connectivity index (χ4n) is 6.16. The number of fused-ring (bicyclic) bond motifs is 1. The molecule has 8 nitrogen and oxygen atoms in total. The van der Waals surface area contributed by atoms with Crippen LogP contribution in [-0.2, 0) is 9.59 Å². The molecule has 0 bridgehead atoms. The molecule has 0 unspecified atom stereocenters. The van der Waals surface area contributed by atoms with Gasteiger partial charge in [-0.05, 0) is 55.7 Å². The molecular weight excluding hydrogens is 506 g/mol. The second-order valence-electron chi connectivity index (χ2n) is 13.2. The van der Waals surface area contributed by atoms with Crippen molar-refractivity contribution in [2.24, 2.45) is 11.3 Å². The van der Waals surface area contributed by atoms with E-state index in [2.05, 4.69) is 52.9 Å². The third-order valence-corrected chi connectivity index (χ3v) is 8.19. The smallest absolute Gasteiger partial charge is 0.308 e. The van der Waals surface area contributed by atoms with Crippen molar-refractivity contribution in [2.45, 2.75) is 71.8 Å². The van der Waals surface area contributed by atoms with Crippen molar-refractivity contribution in [3.05, 3.63) is 35.9 Å². The second kappa shape index (κ2) is 13.9. The summed E-state index contributed by atoms with van der Waals surface area (Å²) in [7, 11) is 6.58. The standard InChI is InChI=1S/C32H51N3O5/c1-8-10-16-33(17-11-12-18-35(5,6)7)29(36)22-34-21-25(24-13-14-27-28(19-24)40-23-39-27)30(31(37)38)26(34)20-32(3,4)15-9-2/h9,13-15,19,25-26,30H,8,10-12,16-18,20-23H2,1-7H3/p+1/b15-9+/t25-,26+,30-/m1/s1. The zero-order chi connectivity index (χ0) is 29.5. The van der Waals surface area contributed by atoms with E-state index in [0.29, 0.717) is 24.5 Å². The summed E-state index contributed by atoms with van der Waals surface area (Å²) in [5.41, 5.74) is 0.717. The number of unbranched alkanes of at least 4 members (excludes halogenated alkanes) is 2. The monoisotopic (exact) mass is 558 g/mol. The first-order valence-corrected chi connectivity index (χ1v) is 14.9. The average molecular weight is 559 g/mol. The van der Waals surface area contributed by atoms with Crippen molar-refractivity contribution in [3.63, 3.8) is 0 Å². The van der Waals surface area contributed by atoms with Gasteiger partial charge in [-0.1, -0.05) is 45.4 Å². The SMILES string of the molecule is C/C=C/C(C)(C)C[C@H]1[C@H](C(=O)O)[C@@H](c2ccc3c(c2)OCO3)CN1CC(=O)N(CCCC)CCCC[N+](C)(C)C. The highest BCUT2D eigenvalue weighted by molar-refractivity contribution is 5.79. The Kier molecular flexibility index (Phi) is 11.1. The second-order valence-corrected chi connectivity index (χ2v) is 13.2. The molecule has 0 radical (unpaired) electrons. The lowest BCUT2D eigenvalue weighted by molar-refractivity contribution is -0.870. The summed E-state index contributed by atoms with van der Waals surface area (Å²) in [4.78, 5) is 30.8. The maximum atomic E-state index is 13.8. The molecular formula is C32H52N3O5+. The van der Waals surface area contributed by atoms with Crippen LogP contribution in [0.1, 0.15) is 71.3 Å². The molecule has 2 aliphatic heterocycles. The summed E-state index contributed by atoms with van der Waals surface area (Å²) in [6.45, 7) is 11.9. The lowest BCUT2D eigenvalue weighted by Gasteiger charge is -2.34. The first-order valence-electron chi connectivity index (χ1n) is 14.9. The highest BCUT2D eigenvalue weighted by Gasteiger charge is 2.48. The molecule has 2 aliphatic rings. The third kappa shape index (κ3) is 8.71. The maximum Gasteiger partial charge on any atom is 0.308 e. The molecule has 1 amide bonds. The number of carboxylic acids is 1. The number of benzene rings is 1. The number of rotatable bonds is 15. The zero-order valence-electron chi connectivity index (χ0n) is 25.8. The first-order chi connectivity index (χ1) is 18.8. The van der Waals surface area contributed by atoms with Gasteiger partial charge in [-0.25, -0.2) is 0 Å². The fraction of sp³-hybridized carbons (Fsp3) is 0.688. The summed E-state index contributed by atoms with van der Waals surface area (Å²) in [5.74, 6) is -0.263. The Morgan fingerprint density at radius 2 is 1.82 bits per heavy atom. The highest BCUT2D eigenvalue weighted by atomic mass is 16.7. The summed E-state index contributed by atoms with van der Waals surface area (Å²) in [6, 6.07) is 5.47. The molecule has 0 aromatic heterocycles. The van der Waals surface area contributed by atoms with E-state index in [1.165, 1.54) is 0 Å². The molecule has 1 aromatic rings. The molecule has 8 heteroatoms. The minimum atomic E-state index is -0.818. The predicted octanol–water partition coefficient (Wildman–Crippen LogP) is 4.99. The number of quaternary nitrogens is 1. The summed E-state index contributed by atoms with van der Waals surface area (Å²) < 4.78 is 12.0. The van der Waals surface area contributed by atoms with Crippen LogP contribution in [0.2, 0.25) is 0 Å².